The van der Waals surface area contributed by atoms with Crippen molar-refractivity contribution in [1.29, 1.82) is 0 Å². The summed E-state index contributed by atoms with van der Waals surface area (Å²) in [5.74, 6) is 0. The van der Waals surface area contributed by atoms with Crippen LogP contribution in [0.15, 0.2) is 12.7 Å². The molecule has 0 bridgehead atoms. The minimum Gasteiger partial charge on any atom is -0.381 e. The van der Waals surface area contributed by atoms with Crippen molar-refractivity contribution in [2.45, 2.75) is 24.9 Å². The van der Waals surface area contributed by atoms with Gasteiger partial charge in [-0.3, -0.25) is 0 Å². The van der Waals surface area contributed by atoms with Crippen LogP contribution in [-0.4, -0.2) is 25.9 Å². The fourth-order valence-electron chi connectivity index (χ4n) is 1.17. The lowest BCUT2D eigenvalue weighted by atomic mass is 9.97. The van der Waals surface area contributed by atoms with Gasteiger partial charge in [-0.2, -0.15) is 0 Å². The van der Waals surface area contributed by atoms with Gasteiger partial charge in [0.2, 0.25) is 0 Å². The highest BCUT2D eigenvalue weighted by molar-refractivity contribution is 4.87. The van der Waals surface area contributed by atoms with E-state index in [4.69, 9.17) is 10.5 Å². The van der Waals surface area contributed by atoms with Crippen LogP contribution in [0.5, 0.6) is 0 Å². The molecule has 0 heterocycles. The lowest BCUT2D eigenvalue weighted by Crippen LogP contribution is -2.29. The molecule has 0 aliphatic carbocycles. The number of ether oxygens (including phenoxy) is 1. The molecule has 2 nitrogen and oxygen atoms in total. The van der Waals surface area contributed by atoms with Crippen molar-refractivity contribution in [1.82, 2.24) is 0 Å². The molecule has 1 unspecified atom stereocenters. The molecule has 0 spiro atoms. The van der Waals surface area contributed by atoms with Gasteiger partial charge in [0.15, 0.2) is 0 Å². The number of alkyl halides is 1. The fourth-order valence-corrected chi connectivity index (χ4v) is 1.17. The van der Waals surface area contributed by atoms with E-state index in [1.165, 1.54) is 7.11 Å². The molecule has 0 saturated carbocycles. The quantitative estimate of drug-likeness (QED) is 0.597. The van der Waals surface area contributed by atoms with E-state index in [0.29, 0.717) is 25.8 Å². The molecule has 0 fully saturated rings. The average Bonchev–Trinajstić information content (AvgIpc) is 2.02. The standard InChI is InChI=1S/C9H18FNO/c1-3-5-9(10,8-12-2)6-4-7-11/h3H,1,4-8,11H2,2H3. The van der Waals surface area contributed by atoms with Crippen molar-refractivity contribution in [3.63, 3.8) is 0 Å². The predicted octanol–water partition coefficient (Wildman–Crippen LogP) is 1.66. The number of nitrogens with two attached hydrogens (primary N) is 1. The van der Waals surface area contributed by atoms with Crippen LogP contribution < -0.4 is 5.73 Å². The third kappa shape index (κ3) is 4.46. The van der Waals surface area contributed by atoms with Gasteiger partial charge in [0.1, 0.15) is 5.67 Å². The Morgan fingerprint density at radius 2 is 2.33 bits per heavy atom. The Bertz CT molecular complexity index is 130. The van der Waals surface area contributed by atoms with Gasteiger partial charge in [0.05, 0.1) is 6.61 Å². The van der Waals surface area contributed by atoms with Gasteiger partial charge >= 0.3 is 0 Å². The highest BCUT2D eigenvalue weighted by Crippen LogP contribution is 2.23. The molecule has 0 aliphatic rings. The van der Waals surface area contributed by atoms with Crippen LogP contribution in [0.3, 0.4) is 0 Å². The SMILES string of the molecule is C=CCC(F)(CCCN)COC. The second-order valence-electron chi connectivity index (χ2n) is 2.97. The fraction of sp³-hybridized carbons (Fsp3) is 0.778. The van der Waals surface area contributed by atoms with Crippen molar-refractivity contribution in [2.24, 2.45) is 5.73 Å². The predicted molar refractivity (Wildman–Crippen MR) is 48.8 cm³/mol. The molecule has 0 radical (unpaired) electrons. The van der Waals surface area contributed by atoms with Gasteiger partial charge < -0.3 is 10.5 Å². The summed E-state index contributed by atoms with van der Waals surface area (Å²) in [5, 5.41) is 0. The van der Waals surface area contributed by atoms with Crippen molar-refractivity contribution in [2.75, 3.05) is 20.3 Å². The minimum absolute atomic E-state index is 0.124. The monoisotopic (exact) mass is 175 g/mol. The number of hydrogen-bond donors (Lipinski definition) is 1. The van der Waals surface area contributed by atoms with Crippen LogP contribution in [-0.2, 0) is 4.74 Å². The van der Waals surface area contributed by atoms with Crippen LogP contribution in [0, 0.1) is 0 Å². The maximum atomic E-state index is 13.7. The Kier molecular flexibility index (Phi) is 5.93. The molecule has 2 N–H and O–H groups in total. The van der Waals surface area contributed by atoms with Crippen LogP contribution in [0.2, 0.25) is 0 Å². The zero-order valence-corrected chi connectivity index (χ0v) is 7.68. The van der Waals surface area contributed by atoms with Gasteiger partial charge in [-0.05, 0) is 19.4 Å². The maximum Gasteiger partial charge on any atom is 0.137 e. The third-order valence-electron chi connectivity index (χ3n) is 1.74. The Labute approximate surface area is 73.6 Å². The molecule has 1 atom stereocenters. The summed E-state index contributed by atoms with van der Waals surface area (Å²) in [4.78, 5) is 0. The molecule has 0 rings (SSSR count). The van der Waals surface area contributed by atoms with Gasteiger partial charge in [-0.25, -0.2) is 4.39 Å². The first-order valence-electron chi connectivity index (χ1n) is 4.17. The van der Waals surface area contributed by atoms with Crippen LogP contribution in [0.25, 0.3) is 0 Å². The summed E-state index contributed by atoms with van der Waals surface area (Å²) >= 11 is 0. The molecule has 0 aromatic rings. The molecule has 0 amide bonds. The highest BCUT2D eigenvalue weighted by Gasteiger charge is 2.27. The Morgan fingerprint density at radius 3 is 2.75 bits per heavy atom. The van der Waals surface area contributed by atoms with E-state index >= 15 is 0 Å². The zero-order valence-electron chi connectivity index (χ0n) is 7.68. The molecule has 3 heteroatoms. The average molecular weight is 175 g/mol. The Morgan fingerprint density at radius 1 is 1.67 bits per heavy atom. The molecule has 0 aliphatic heterocycles. The zero-order chi connectivity index (χ0) is 9.45. The topological polar surface area (TPSA) is 35.2 Å². The number of hydrogen-bond acceptors (Lipinski definition) is 2. The van der Waals surface area contributed by atoms with E-state index in [0.717, 1.165) is 0 Å². The van der Waals surface area contributed by atoms with Gasteiger partial charge in [-0.15, -0.1) is 6.58 Å². The molecule has 72 valence electrons. The Balaban J connectivity index is 3.88. The van der Waals surface area contributed by atoms with Gasteiger partial charge in [0, 0.05) is 13.5 Å². The van der Waals surface area contributed by atoms with Crippen LogP contribution >= 0.6 is 0 Å². The number of allylic oxidation sites excluding steroid dienone is 1. The summed E-state index contributed by atoms with van der Waals surface area (Å²) in [7, 11) is 1.50. The van der Waals surface area contributed by atoms with Crippen molar-refractivity contribution >= 4 is 0 Å². The smallest absolute Gasteiger partial charge is 0.137 e. The minimum atomic E-state index is -1.27. The molecule has 0 saturated heterocycles. The van der Waals surface area contributed by atoms with Crippen LogP contribution in [0.4, 0.5) is 4.39 Å². The van der Waals surface area contributed by atoms with E-state index in [1.54, 1.807) is 6.08 Å². The lowest BCUT2D eigenvalue weighted by molar-refractivity contribution is 0.0355. The number of rotatable bonds is 7. The van der Waals surface area contributed by atoms with E-state index in [9.17, 15) is 4.39 Å². The maximum absolute atomic E-state index is 13.7. The first-order chi connectivity index (χ1) is 5.68. The van der Waals surface area contributed by atoms with Crippen molar-refractivity contribution in [3.05, 3.63) is 12.7 Å². The normalized spacial score (nSPS) is 15.6. The largest absolute Gasteiger partial charge is 0.381 e. The van der Waals surface area contributed by atoms with Crippen LogP contribution in [0.1, 0.15) is 19.3 Å². The number of methoxy groups -OCH3 is 1. The molecule has 12 heavy (non-hydrogen) atoms. The second kappa shape index (κ2) is 6.14. The third-order valence-corrected chi connectivity index (χ3v) is 1.74. The van der Waals surface area contributed by atoms with E-state index < -0.39 is 5.67 Å². The van der Waals surface area contributed by atoms with E-state index in [2.05, 4.69) is 6.58 Å². The first-order valence-corrected chi connectivity index (χ1v) is 4.17. The van der Waals surface area contributed by atoms with Crippen molar-refractivity contribution in [3.8, 4) is 0 Å². The lowest BCUT2D eigenvalue weighted by Gasteiger charge is -2.22. The highest BCUT2D eigenvalue weighted by atomic mass is 19.1. The van der Waals surface area contributed by atoms with E-state index in [-0.39, 0.29) is 6.61 Å². The van der Waals surface area contributed by atoms with E-state index in [1.807, 2.05) is 0 Å². The second-order valence-corrected chi connectivity index (χ2v) is 2.97. The van der Waals surface area contributed by atoms with Gasteiger partial charge in [-0.1, -0.05) is 6.08 Å². The molecule has 0 aromatic heterocycles. The molecular weight excluding hydrogens is 157 g/mol. The summed E-state index contributed by atoms with van der Waals surface area (Å²) in [6, 6.07) is 0. The number of halogens is 1. The Hall–Kier alpha value is -0.410. The summed E-state index contributed by atoms with van der Waals surface area (Å²) in [6.45, 7) is 4.15. The summed E-state index contributed by atoms with van der Waals surface area (Å²) in [6.07, 6.45) is 3.05. The van der Waals surface area contributed by atoms with Crippen molar-refractivity contribution < 1.29 is 9.13 Å². The molecule has 0 aromatic carbocycles. The summed E-state index contributed by atoms with van der Waals surface area (Å²) in [5.41, 5.74) is 4.03. The van der Waals surface area contributed by atoms with Gasteiger partial charge in [0.25, 0.3) is 0 Å². The summed E-state index contributed by atoms with van der Waals surface area (Å²) < 4.78 is 18.5. The molecular formula is C9H18FNO. The first kappa shape index (κ1) is 11.6.